The normalized spacial score (nSPS) is 25.9. The van der Waals surface area contributed by atoms with Gasteiger partial charge in [-0.2, -0.15) is 0 Å². The molecule has 1 aromatic carbocycles. The molecule has 0 aromatic heterocycles. The lowest BCUT2D eigenvalue weighted by molar-refractivity contribution is -0.158. The average molecular weight is 232 g/mol. The summed E-state index contributed by atoms with van der Waals surface area (Å²) in [4.78, 5) is 22.5. The Hall–Kier alpha value is -2.10. The molecule has 1 heterocycles. The van der Waals surface area contributed by atoms with Crippen LogP contribution in [0.25, 0.3) is 6.08 Å². The van der Waals surface area contributed by atoms with E-state index in [9.17, 15) is 9.59 Å². The summed E-state index contributed by atoms with van der Waals surface area (Å²) in [5, 5.41) is 9.00. The van der Waals surface area contributed by atoms with E-state index in [1.165, 1.54) is 6.92 Å². The third-order valence-electron chi connectivity index (χ3n) is 2.80. The van der Waals surface area contributed by atoms with Crippen LogP contribution in [0.5, 0.6) is 0 Å². The molecule has 0 spiro atoms. The van der Waals surface area contributed by atoms with Crippen molar-refractivity contribution in [2.75, 3.05) is 0 Å². The second-order valence-corrected chi connectivity index (χ2v) is 4.22. The smallest absolute Gasteiger partial charge is 0.328 e. The molecule has 0 aliphatic carbocycles. The molecular weight excluding hydrogens is 220 g/mol. The largest absolute Gasteiger partial charge is 0.480 e. The highest BCUT2D eigenvalue weighted by Crippen LogP contribution is 2.37. The Bertz CT molecular complexity index is 489. The monoisotopic (exact) mass is 232 g/mol. The summed E-state index contributed by atoms with van der Waals surface area (Å²) in [6, 6.07) is 9.32. The van der Waals surface area contributed by atoms with Crippen molar-refractivity contribution in [3.63, 3.8) is 0 Å². The molecule has 1 fully saturated rings. The number of allylic oxidation sites excluding steroid dienone is 1. The lowest BCUT2D eigenvalue weighted by Gasteiger charge is -2.10. The van der Waals surface area contributed by atoms with Gasteiger partial charge in [-0.25, -0.2) is 0 Å². The molecule has 1 aromatic rings. The van der Waals surface area contributed by atoms with Gasteiger partial charge in [-0.05, 0) is 18.6 Å². The minimum absolute atomic E-state index is 0.0933. The zero-order chi connectivity index (χ0) is 12.5. The van der Waals surface area contributed by atoms with Crippen molar-refractivity contribution in [1.82, 2.24) is 0 Å². The molecule has 1 atom stereocenters. The van der Waals surface area contributed by atoms with Crippen LogP contribution in [0.3, 0.4) is 0 Å². The third kappa shape index (κ3) is 2.06. The molecule has 0 amide bonds. The van der Waals surface area contributed by atoms with Crippen LogP contribution in [0.4, 0.5) is 0 Å². The molecule has 0 radical (unpaired) electrons. The van der Waals surface area contributed by atoms with Gasteiger partial charge >= 0.3 is 11.9 Å². The highest BCUT2D eigenvalue weighted by atomic mass is 16.5. The Labute approximate surface area is 98.5 Å². The predicted octanol–water partition coefficient (Wildman–Crippen LogP) is 2.07. The van der Waals surface area contributed by atoms with Crippen molar-refractivity contribution in [3.8, 4) is 0 Å². The molecule has 4 nitrogen and oxygen atoms in total. The van der Waals surface area contributed by atoms with Crippen molar-refractivity contribution in [2.45, 2.75) is 13.3 Å². The van der Waals surface area contributed by atoms with Crippen molar-refractivity contribution in [3.05, 3.63) is 41.7 Å². The van der Waals surface area contributed by atoms with Gasteiger partial charge in [-0.15, -0.1) is 0 Å². The van der Waals surface area contributed by atoms with Crippen LogP contribution in [-0.2, 0) is 14.3 Å². The van der Waals surface area contributed by atoms with Crippen molar-refractivity contribution < 1.29 is 19.4 Å². The molecule has 1 N–H and O–H groups in total. The summed E-state index contributed by atoms with van der Waals surface area (Å²) >= 11 is 0. The minimum atomic E-state index is -1.46. The van der Waals surface area contributed by atoms with Gasteiger partial charge in [-0.3, -0.25) is 9.59 Å². The van der Waals surface area contributed by atoms with Crippen molar-refractivity contribution in [2.24, 2.45) is 5.41 Å². The first-order valence-electron chi connectivity index (χ1n) is 5.24. The number of carboxylic acids is 1. The van der Waals surface area contributed by atoms with Crippen molar-refractivity contribution in [1.29, 1.82) is 0 Å². The van der Waals surface area contributed by atoms with Crippen molar-refractivity contribution >= 4 is 18.0 Å². The van der Waals surface area contributed by atoms with Gasteiger partial charge in [0.1, 0.15) is 5.76 Å². The maximum Gasteiger partial charge on any atom is 0.328 e. The lowest BCUT2D eigenvalue weighted by Crippen LogP contribution is -2.31. The number of esters is 1. The number of hydrogen-bond donors (Lipinski definition) is 1. The zero-order valence-electron chi connectivity index (χ0n) is 9.34. The van der Waals surface area contributed by atoms with Gasteiger partial charge in [0.25, 0.3) is 0 Å². The van der Waals surface area contributed by atoms with Crippen LogP contribution in [0.15, 0.2) is 36.1 Å². The van der Waals surface area contributed by atoms with E-state index in [2.05, 4.69) is 0 Å². The zero-order valence-corrected chi connectivity index (χ0v) is 9.34. The third-order valence-corrected chi connectivity index (χ3v) is 2.80. The van der Waals surface area contributed by atoms with Crippen LogP contribution in [0.2, 0.25) is 0 Å². The molecule has 1 aliphatic rings. The molecule has 0 saturated carbocycles. The Balaban J connectivity index is 2.26. The highest BCUT2D eigenvalue weighted by molar-refractivity contribution is 6.01. The highest BCUT2D eigenvalue weighted by Gasteiger charge is 2.49. The lowest BCUT2D eigenvalue weighted by atomic mass is 9.88. The van der Waals surface area contributed by atoms with Gasteiger partial charge in [0.15, 0.2) is 5.41 Å². The summed E-state index contributed by atoms with van der Waals surface area (Å²) in [5.74, 6) is -1.46. The number of benzene rings is 1. The molecule has 0 bridgehead atoms. The standard InChI is InChI=1S/C13H12O4/c1-13(11(14)15)8-10(17-12(13)16)7-9-5-3-2-4-6-9/h2-7H,8H2,1H3,(H,14,15)/b10-7-. The molecule has 17 heavy (non-hydrogen) atoms. The Morgan fingerprint density at radius 3 is 2.59 bits per heavy atom. The van der Waals surface area contributed by atoms with Crippen LogP contribution in [0.1, 0.15) is 18.9 Å². The summed E-state index contributed by atoms with van der Waals surface area (Å²) < 4.78 is 4.98. The average Bonchev–Trinajstić information content (AvgIpc) is 2.57. The fourth-order valence-electron chi connectivity index (χ4n) is 1.67. The maximum absolute atomic E-state index is 11.5. The number of hydrogen-bond acceptors (Lipinski definition) is 3. The van der Waals surface area contributed by atoms with E-state index >= 15 is 0 Å². The van der Waals surface area contributed by atoms with E-state index in [4.69, 9.17) is 9.84 Å². The molecule has 1 unspecified atom stereocenters. The quantitative estimate of drug-likeness (QED) is 0.626. The van der Waals surface area contributed by atoms with E-state index in [-0.39, 0.29) is 6.42 Å². The first kappa shape index (κ1) is 11.4. The van der Waals surface area contributed by atoms with Gasteiger partial charge in [-0.1, -0.05) is 30.3 Å². The molecule has 1 aliphatic heterocycles. The van der Waals surface area contributed by atoms with E-state index < -0.39 is 17.4 Å². The van der Waals surface area contributed by atoms with Gasteiger partial charge in [0.2, 0.25) is 0 Å². The van der Waals surface area contributed by atoms with Crippen LogP contribution in [0, 0.1) is 5.41 Å². The number of ether oxygens (including phenoxy) is 1. The van der Waals surface area contributed by atoms with E-state index in [1.54, 1.807) is 6.08 Å². The van der Waals surface area contributed by atoms with Gasteiger partial charge < -0.3 is 9.84 Å². The number of carbonyl (C=O) groups is 2. The molecule has 88 valence electrons. The number of carboxylic acid groups (broad SMARTS) is 1. The number of rotatable bonds is 2. The van der Waals surface area contributed by atoms with E-state index in [1.807, 2.05) is 30.3 Å². The van der Waals surface area contributed by atoms with Crippen LogP contribution < -0.4 is 0 Å². The second kappa shape index (κ2) is 4.05. The summed E-state index contributed by atoms with van der Waals surface area (Å²) in [6.07, 6.45) is 1.78. The number of cyclic esters (lactones) is 1. The van der Waals surface area contributed by atoms with Gasteiger partial charge in [0, 0.05) is 6.42 Å². The second-order valence-electron chi connectivity index (χ2n) is 4.22. The number of carbonyl (C=O) groups excluding carboxylic acids is 1. The molecular formula is C13H12O4. The Morgan fingerprint density at radius 2 is 2.06 bits per heavy atom. The topological polar surface area (TPSA) is 63.6 Å². The summed E-state index contributed by atoms with van der Waals surface area (Å²) in [6.45, 7) is 1.38. The summed E-state index contributed by atoms with van der Waals surface area (Å²) in [7, 11) is 0. The predicted molar refractivity (Wildman–Crippen MR) is 60.9 cm³/mol. The Morgan fingerprint density at radius 1 is 1.41 bits per heavy atom. The van der Waals surface area contributed by atoms with Gasteiger partial charge in [0.05, 0.1) is 0 Å². The Kier molecular flexibility index (Phi) is 2.71. The minimum Gasteiger partial charge on any atom is -0.480 e. The maximum atomic E-state index is 11.5. The number of aliphatic carboxylic acids is 1. The van der Waals surface area contributed by atoms with Crippen LogP contribution >= 0.6 is 0 Å². The first-order chi connectivity index (χ1) is 8.02. The molecule has 1 saturated heterocycles. The first-order valence-corrected chi connectivity index (χ1v) is 5.24. The fraction of sp³-hybridized carbons (Fsp3) is 0.231. The SMILES string of the molecule is CC1(C(=O)O)C/C(=C/c2ccccc2)OC1=O. The molecule has 4 heteroatoms. The fourth-order valence-corrected chi connectivity index (χ4v) is 1.67. The van der Waals surface area contributed by atoms with E-state index in [0.29, 0.717) is 5.76 Å². The summed E-state index contributed by atoms with van der Waals surface area (Å²) in [5.41, 5.74) is -0.578. The van der Waals surface area contributed by atoms with Crippen LogP contribution in [-0.4, -0.2) is 17.0 Å². The van der Waals surface area contributed by atoms with E-state index in [0.717, 1.165) is 5.56 Å². The molecule has 2 rings (SSSR count).